The molecule has 0 saturated heterocycles. The van der Waals surface area contributed by atoms with Crippen LogP contribution in [0.15, 0.2) is 0 Å². The molecular formula is C6H10O2. The molecule has 0 heterocycles. The highest BCUT2D eigenvalue weighted by Crippen LogP contribution is 1.89. The predicted molar refractivity (Wildman–Crippen MR) is 30.8 cm³/mol. The molecule has 0 spiro atoms. The quantitative estimate of drug-likeness (QED) is 0.533. The summed E-state index contributed by atoms with van der Waals surface area (Å²) in [5.74, 6) is 2.66. The first-order valence-electron chi connectivity index (χ1n) is 2.44. The Morgan fingerprint density at radius 3 is 2.75 bits per heavy atom. The van der Waals surface area contributed by atoms with Crippen LogP contribution in [0.2, 0.25) is 0 Å². The van der Waals surface area contributed by atoms with Crippen molar-refractivity contribution >= 4 is 0 Å². The van der Waals surface area contributed by atoms with Crippen LogP contribution in [-0.2, 0) is 4.74 Å². The van der Waals surface area contributed by atoms with Gasteiger partial charge in [0, 0.05) is 13.0 Å². The van der Waals surface area contributed by atoms with Crippen LogP contribution < -0.4 is 0 Å². The smallest absolute Gasteiger partial charge is 0.107 e. The second kappa shape index (κ2) is 4.48. The Morgan fingerprint density at radius 1 is 1.75 bits per heavy atom. The van der Waals surface area contributed by atoms with Crippen molar-refractivity contribution in [1.29, 1.82) is 0 Å². The molecule has 2 heteroatoms. The zero-order valence-corrected chi connectivity index (χ0v) is 5.14. The molecule has 8 heavy (non-hydrogen) atoms. The summed E-state index contributed by atoms with van der Waals surface area (Å²) in [6.45, 7) is 2.46. The lowest BCUT2D eigenvalue weighted by Crippen LogP contribution is -1.99. The van der Waals surface area contributed by atoms with Crippen LogP contribution in [0.4, 0.5) is 0 Å². The van der Waals surface area contributed by atoms with E-state index >= 15 is 0 Å². The van der Waals surface area contributed by atoms with E-state index < -0.39 is 0 Å². The number of aliphatic hydroxyl groups excluding tert-OH is 1. The van der Waals surface area contributed by atoms with E-state index in [1.807, 2.05) is 13.0 Å². The molecule has 0 unspecified atom stereocenters. The van der Waals surface area contributed by atoms with E-state index in [1.54, 1.807) is 7.11 Å². The average molecular weight is 114 g/mol. The second-order valence-electron chi connectivity index (χ2n) is 1.61. The van der Waals surface area contributed by atoms with Gasteiger partial charge >= 0.3 is 0 Å². The van der Waals surface area contributed by atoms with E-state index in [0.717, 1.165) is 0 Å². The van der Waals surface area contributed by atoms with Crippen molar-refractivity contribution in [3.63, 3.8) is 0 Å². The van der Waals surface area contributed by atoms with Gasteiger partial charge in [-0.25, -0.2) is 0 Å². The molecule has 0 amide bonds. The Balaban J connectivity index is 3.27. The lowest BCUT2D eigenvalue weighted by atomic mass is 10.2. The fraction of sp³-hybridized carbons (Fsp3) is 0.667. The highest BCUT2D eigenvalue weighted by atomic mass is 16.5. The SMILES string of the molecule is COC[C@H](C)C#CO. The van der Waals surface area contributed by atoms with Crippen LogP contribution in [0.1, 0.15) is 6.92 Å². The van der Waals surface area contributed by atoms with E-state index in [9.17, 15) is 0 Å². The Labute approximate surface area is 49.5 Å². The Morgan fingerprint density at radius 2 is 2.38 bits per heavy atom. The van der Waals surface area contributed by atoms with Gasteiger partial charge in [0.2, 0.25) is 0 Å². The minimum absolute atomic E-state index is 0.130. The Bertz CT molecular complexity index is 98.8. The summed E-state index contributed by atoms with van der Waals surface area (Å²) < 4.78 is 4.74. The maximum absolute atomic E-state index is 8.05. The molecule has 0 aromatic rings. The third-order valence-electron chi connectivity index (χ3n) is 0.728. The molecule has 1 N–H and O–H groups in total. The highest BCUT2D eigenvalue weighted by molar-refractivity contribution is 4.94. The largest absolute Gasteiger partial charge is 0.462 e. The van der Waals surface area contributed by atoms with E-state index in [1.165, 1.54) is 0 Å². The van der Waals surface area contributed by atoms with Gasteiger partial charge in [-0.05, 0) is 6.92 Å². The second-order valence-corrected chi connectivity index (χ2v) is 1.61. The van der Waals surface area contributed by atoms with Crippen molar-refractivity contribution in [3.8, 4) is 12.0 Å². The first-order valence-corrected chi connectivity index (χ1v) is 2.44. The maximum Gasteiger partial charge on any atom is 0.107 e. The zero-order chi connectivity index (χ0) is 6.41. The summed E-state index contributed by atoms with van der Waals surface area (Å²) >= 11 is 0. The third kappa shape index (κ3) is 3.51. The molecule has 46 valence electrons. The monoisotopic (exact) mass is 114 g/mol. The zero-order valence-electron chi connectivity index (χ0n) is 5.14. The molecule has 2 nitrogen and oxygen atoms in total. The predicted octanol–water partition coefficient (Wildman–Crippen LogP) is 0.602. The number of methoxy groups -OCH3 is 1. The molecule has 0 aromatic carbocycles. The lowest BCUT2D eigenvalue weighted by Gasteiger charge is -1.97. The highest BCUT2D eigenvalue weighted by Gasteiger charge is 1.92. The van der Waals surface area contributed by atoms with Gasteiger partial charge in [0.05, 0.1) is 6.61 Å². The molecule has 0 fully saturated rings. The van der Waals surface area contributed by atoms with E-state index in [-0.39, 0.29) is 5.92 Å². The molecule has 1 atom stereocenters. The molecule has 0 aromatic heterocycles. The Kier molecular flexibility index (Phi) is 4.10. The van der Waals surface area contributed by atoms with Crippen molar-refractivity contribution in [1.82, 2.24) is 0 Å². The first-order chi connectivity index (χ1) is 3.81. The van der Waals surface area contributed by atoms with Crippen LogP contribution in [0, 0.1) is 17.9 Å². The topological polar surface area (TPSA) is 29.5 Å². The van der Waals surface area contributed by atoms with Gasteiger partial charge in [0.15, 0.2) is 0 Å². The molecule has 0 saturated carbocycles. The van der Waals surface area contributed by atoms with Gasteiger partial charge < -0.3 is 9.84 Å². The number of hydrogen-bond acceptors (Lipinski definition) is 2. The van der Waals surface area contributed by atoms with Gasteiger partial charge in [-0.3, -0.25) is 0 Å². The van der Waals surface area contributed by atoms with Gasteiger partial charge in [0.25, 0.3) is 0 Å². The molecule has 0 aliphatic rings. The standard InChI is InChI=1S/C6H10O2/c1-6(3-4-7)5-8-2/h6-7H,5H2,1-2H3/t6-/m1/s1. The van der Waals surface area contributed by atoms with Crippen LogP contribution in [0.5, 0.6) is 0 Å². The number of ether oxygens (including phenoxy) is 1. The fourth-order valence-corrected chi connectivity index (χ4v) is 0.402. The Hall–Kier alpha value is -0.680. The third-order valence-corrected chi connectivity index (χ3v) is 0.728. The summed E-state index contributed by atoms with van der Waals surface area (Å²) in [5.41, 5.74) is 0. The molecular weight excluding hydrogens is 104 g/mol. The first kappa shape index (κ1) is 7.32. The molecule has 0 aliphatic heterocycles. The number of aliphatic hydroxyl groups is 1. The minimum atomic E-state index is 0.130. The van der Waals surface area contributed by atoms with Crippen molar-refractivity contribution < 1.29 is 9.84 Å². The summed E-state index contributed by atoms with van der Waals surface area (Å²) in [5, 5.41) is 8.05. The summed E-state index contributed by atoms with van der Waals surface area (Å²) in [7, 11) is 1.61. The van der Waals surface area contributed by atoms with Gasteiger partial charge in [-0.2, -0.15) is 0 Å². The van der Waals surface area contributed by atoms with Crippen LogP contribution >= 0.6 is 0 Å². The summed E-state index contributed by atoms with van der Waals surface area (Å²) in [4.78, 5) is 0. The number of hydrogen-bond donors (Lipinski definition) is 1. The summed E-state index contributed by atoms with van der Waals surface area (Å²) in [6.07, 6.45) is 1.82. The lowest BCUT2D eigenvalue weighted by molar-refractivity contribution is 0.178. The maximum atomic E-state index is 8.05. The van der Waals surface area contributed by atoms with Crippen LogP contribution in [-0.4, -0.2) is 18.8 Å². The van der Waals surface area contributed by atoms with E-state index in [4.69, 9.17) is 9.84 Å². The molecule has 0 aliphatic carbocycles. The van der Waals surface area contributed by atoms with Crippen molar-refractivity contribution in [2.45, 2.75) is 6.92 Å². The van der Waals surface area contributed by atoms with E-state index in [2.05, 4.69) is 5.92 Å². The molecule has 0 radical (unpaired) electrons. The molecule has 0 bridgehead atoms. The van der Waals surface area contributed by atoms with E-state index in [0.29, 0.717) is 6.61 Å². The van der Waals surface area contributed by atoms with Gasteiger partial charge in [-0.1, -0.05) is 5.92 Å². The number of rotatable bonds is 2. The normalized spacial score (nSPS) is 11.8. The van der Waals surface area contributed by atoms with Crippen LogP contribution in [0.25, 0.3) is 0 Å². The van der Waals surface area contributed by atoms with Gasteiger partial charge in [0.1, 0.15) is 6.11 Å². The fourth-order valence-electron chi connectivity index (χ4n) is 0.402. The minimum Gasteiger partial charge on any atom is -0.462 e. The van der Waals surface area contributed by atoms with Crippen molar-refractivity contribution in [2.24, 2.45) is 5.92 Å². The summed E-state index contributed by atoms with van der Waals surface area (Å²) in [6, 6.07) is 0. The van der Waals surface area contributed by atoms with Crippen LogP contribution in [0.3, 0.4) is 0 Å². The molecule has 0 rings (SSSR count). The van der Waals surface area contributed by atoms with Crippen molar-refractivity contribution in [3.05, 3.63) is 0 Å². The average Bonchev–Trinajstić information content (AvgIpc) is 1.68. The van der Waals surface area contributed by atoms with Crippen molar-refractivity contribution in [2.75, 3.05) is 13.7 Å². The van der Waals surface area contributed by atoms with Gasteiger partial charge in [-0.15, -0.1) is 0 Å².